The maximum absolute atomic E-state index is 14.8. The van der Waals surface area contributed by atoms with Gasteiger partial charge in [0.15, 0.2) is 0 Å². The smallest absolute Gasteiger partial charge is 0.253 e. The van der Waals surface area contributed by atoms with Crippen molar-refractivity contribution in [2.24, 2.45) is 4.99 Å². The van der Waals surface area contributed by atoms with E-state index in [4.69, 9.17) is 16.6 Å². The molecule has 7 rings (SSSR count). The van der Waals surface area contributed by atoms with Crippen LogP contribution in [0.1, 0.15) is 46.3 Å². The lowest BCUT2D eigenvalue weighted by atomic mass is 9.95. The Balaban J connectivity index is 1.15. The molecule has 4 aromatic rings. The van der Waals surface area contributed by atoms with Crippen LogP contribution < -0.4 is 10.6 Å². The predicted octanol–water partition coefficient (Wildman–Crippen LogP) is 6.14. The molecular formula is C32H27ClF2N6O. The van der Waals surface area contributed by atoms with E-state index < -0.39 is 11.6 Å². The first-order chi connectivity index (χ1) is 20.4. The van der Waals surface area contributed by atoms with Gasteiger partial charge in [-0.25, -0.2) is 18.7 Å². The lowest BCUT2D eigenvalue weighted by Gasteiger charge is -2.24. The number of hydrogen-bond donors (Lipinski definition) is 2. The number of anilines is 2. The molecule has 2 N–H and O–H groups in total. The zero-order valence-corrected chi connectivity index (χ0v) is 23.4. The summed E-state index contributed by atoms with van der Waals surface area (Å²) in [6, 6.07) is 16.1. The Kier molecular flexibility index (Phi) is 6.71. The minimum atomic E-state index is -0.708. The van der Waals surface area contributed by atoms with E-state index in [9.17, 15) is 13.6 Å². The molecule has 3 aliphatic heterocycles. The number of nitrogens with one attached hydrogen (secondary N) is 2. The van der Waals surface area contributed by atoms with Crippen molar-refractivity contribution < 1.29 is 13.6 Å². The molecule has 1 amide bonds. The zero-order valence-electron chi connectivity index (χ0n) is 22.6. The molecule has 0 saturated carbocycles. The molecule has 1 unspecified atom stereocenters. The average molecular weight is 585 g/mol. The molecule has 3 aliphatic rings. The van der Waals surface area contributed by atoms with Crippen LogP contribution in [-0.2, 0) is 6.54 Å². The molecule has 2 saturated heterocycles. The lowest BCUT2D eigenvalue weighted by Crippen LogP contribution is -2.43. The standard InChI is InChI=1S/C32H27ClF2N6O/c33-21-7-10-23-24(15-21)29(27-25(34)3-1-4-26(27)35)36-16-20-17-37-31(40-28(20)23)39-22-8-5-19(6-9-22)30(42)41-14-12-32(18-41)11-2-13-38-32/h1,3-10,15,17,38H,2,11-14,16,18H2,(H,37,39,40). The van der Waals surface area contributed by atoms with Crippen molar-refractivity contribution in [2.45, 2.75) is 31.3 Å². The van der Waals surface area contributed by atoms with E-state index in [0.29, 0.717) is 38.9 Å². The van der Waals surface area contributed by atoms with Gasteiger partial charge in [0, 0.05) is 57.8 Å². The van der Waals surface area contributed by atoms with Gasteiger partial charge >= 0.3 is 0 Å². The lowest BCUT2D eigenvalue weighted by molar-refractivity contribution is 0.0782. The first-order valence-corrected chi connectivity index (χ1v) is 14.3. The van der Waals surface area contributed by atoms with Crippen molar-refractivity contribution in [3.8, 4) is 11.3 Å². The van der Waals surface area contributed by atoms with Crippen molar-refractivity contribution in [3.05, 3.63) is 106 Å². The van der Waals surface area contributed by atoms with E-state index in [1.54, 1.807) is 24.4 Å². The summed E-state index contributed by atoms with van der Waals surface area (Å²) in [6.07, 6.45) is 4.92. The first kappa shape index (κ1) is 26.7. The van der Waals surface area contributed by atoms with Crippen molar-refractivity contribution in [3.63, 3.8) is 0 Å². The number of nitrogens with zero attached hydrogens (tertiary/aromatic N) is 4. The SMILES string of the molecule is O=C(c1ccc(Nc2ncc3c(n2)-c2ccc(Cl)cc2C(c2c(F)cccc2F)=NC3)cc1)N1CCC2(CCCN2)C1. The molecule has 7 nitrogen and oxygen atoms in total. The van der Waals surface area contributed by atoms with Crippen LogP contribution in [0.4, 0.5) is 20.4 Å². The topological polar surface area (TPSA) is 82.5 Å². The van der Waals surface area contributed by atoms with Crippen LogP contribution in [0.5, 0.6) is 0 Å². The highest BCUT2D eigenvalue weighted by Gasteiger charge is 2.41. The van der Waals surface area contributed by atoms with Crippen molar-refractivity contribution in [1.82, 2.24) is 20.2 Å². The Morgan fingerprint density at radius 3 is 2.60 bits per heavy atom. The summed E-state index contributed by atoms with van der Waals surface area (Å²) in [5.74, 6) is -1.05. The molecular weight excluding hydrogens is 558 g/mol. The Morgan fingerprint density at radius 1 is 1.02 bits per heavy atom. The van der Waals surface area contributed by atoms with E-state index in [1.807, 2.05) is 29.2 Å². The minimum absolute atomic E-state index is 0.0331. The summed E-state index contributed by atoms with van der Waals surface area (Å²) in [5.41, 5.74) is 3.81. The summed E-state index contributed by atoms with van der Waals surface area (Å²) in [6.45, 7) is 2.66. The number of benzene rings is 3. The predicted molar refractivity (Wildman–Crippen MR) is 158 cm³/mol. The summed E-state index contributed by atoms with van der Waals surface area (Å²) < 4.78 is 29.6. The molecule has 1 atom stereocenters. The average Bonchev–Trinajstić information content (AvgIpc) is 3.61. The minimum Gasteiger partial charge on any atom is -0.337 e. The van der Waals surface area contributed by atoms with Crippen LogP contribution in [0.15, 0.2) is 71.9 Å². The van der Waals surface area contributed by atoms with Crippen molar-refractivity contribution in [1.29, 1.82) is 0 Å². The van der Waals surface area contributed by atoms with Gasteiger partial charge in [0.25, 0.3) is 5.91 Å². The molecule has 0 bridgehead atoms. The fourth-order valence-electron chi connectivity index (χ4n) is 6.19. The summed E-state index contributed by atoms with van der Waals surface area (Å²) in [5, 5.41) is 7.21. The van der Waals surface area contributed by atoms with E-state index in [0.717, 1.165) is 44.6 Å². The van der Waals surface area contributed by atoms with Gasteiger partial charge in [0.05, 0.1) is 23.5 Å². The molecule has 2 fully saturated rings. The molecule has 3 aromatic carbocycles. The number of aromatic nitrogens is 2. The number of amides is 1. The monoisotopic (exact) mass is 584 g/mol. The molecule has 4 heterocycles. The summed E-state index contributed by atoms with van der Waals surface area (Å²) >= 11 is 6.32. The third-order valence-corrected chi connectivity index (χ3v) is 8.56. The van der Waals surface area contributed by atoms with Gasteiger partial charge in [-0.15, -0.1) is 0 Å². The second kappa shape index (κ2) is 10.6. The van der Waals surface area contributed by atoms with Crippen molar-refractivity contribution >= 4 is 34.9 Å². The molecule has 1 spiro atoms. The maximum Gasteiger partial charge on any atom is 0.253 e. The number of aliphatic imine (C=N–C) groups is 1. The fourth-order valence-corrected chi connectivity index (χ4v) is 6.36. The van der Waals surface area contributed by atoms with Crippen LogP contribution in [-0.4, -0.2) is 51.7 Å². The van der Waals surface area contributed by atoms with E-state index in [2.05, 4.69) is 20.6 Å². The van der Waals surface area contributed by atoms with Crippen LogP contribution in [0.3, 0.4) is 0 Å². The van der Waals surface area contributed by atoms with Gasteiger partial charge in [-0.1, -0.05) is 23.7 Å². The Hall–Kier alpha value is -4.21. The first-order valence-electron chi connectivity index (χ1n) is 14.0. The van der Waals surface area contributed by atoms with Gasteiger partial charge in [-0.2, -0.15) is 0 Å². The fraction of sp³-hybridized carbons (Fsp3) is 0.250. The van der Waals surface area contributed by atoms with Gasteiger partial charge in [0.2, 0.25) is 5.95 Å². The molecule has 0 aliphatic carbocycles. The van der Waals surface area contributed by atoms with E-state index >= 15 is 0 Å². The third kappa shape index (κ3) is 4.82. The van der Waals surface area contributed by atoms with E-state index in [-0.39, 0.29) is 29.3 Å². The van der Waals surface area contributed by atoms with Crippen LogP contribution in [0.25, 0.3) is 11.3 Å². The number of halogens is 3. The Bertz CT molecular complexity index is 1720. The second-order valence-electron chi connectivity index (χ2n) is 11.0. The molecule has 0 radical (unpaired) electrons. The highest BCUT2D eigenvalue weighted by molar-refractivity contribution is 6.31. The summed E-state index contributed by atoms with van der Waals surface area (Å²) in [4.78, 5) is 28.9. The number of rotatable bonds is 4. The summed E-state index contributed by atoms with van der Waals surface area (Å²) in [7, 11) is 0. The highest BCUT2D eigenvalue weighted by atomic mass is 35.5. The number of fused-ring (bicyclic) bond motifs is 3. The number of likely N-dealkylation sites (tertiary alicyclic amines) is 1. The second-order valence-corrected chi connectivity index (χ2v) is 11.4. The zero-order chi connectivity index (χ0) is 28.8. The third-order valence-electron chi connectivity index (χ3n) is 8.32. The number of carbonyl (C=O) groups is 1. The Morgan fingerprint density at radius 2 is 1.83 bits per heavy atom. The van der Waals surface area contributed by atoms with Gasteiger partial charge < -0.3 is 15.5 Å². The van der Waals surface area contributed by atoms with Gasteiger partial charge in [-0.05, 0) is 74.3 Å². The van der Waals surface area contributed by atoms with Crippen LogP contribution >= 0.6 is 11.6 Å². The van der Waals surface area contributed by atoms with Crippen LogP contribution in [0.2, 0.25) is 5.02 Å². The quantitative estimate of drug-likeness (QED) is 0.301. The van der Waals surface area contributed by atoms with Gasteiger partial charge in [-0.3, -0.25) is 9.79 Å². The molecule has 1 aromatic heterocycles. The van der Waals surface area contributed by atoms with Crippen LogP contribution in [0, 0.1) is 11.6 Å². The number of hydrogen-bond acceptors (Lipinski definition) is 6. The molecule has 212 valence electrons. The highest BCUT2D eigenvalue weighted by Crippen LogP contribution is 2.35. The van der Waals surface area contributed by atoms with Crippen molar-refractivity contribution in [2.75, 3.05) is 25.0 Å². The molecule has 10 heteroatoms. The normalized spacial score (nSPS) is 19.3. The molecule has 42 heavy (non-hydrogen) atoms. The Labute approximate surface area is 246 Å². The number of carbonyl (C=O) groups excluding carboxylic acids is 1. The van der Waals surface area contributed by atoms with E-state index in [1.165, 1.54) is 18.2 Å². The van der Waals surface area contributed by atoms with Gasteiger partial charge in [0.1, 0.15) is 11.6 Å². The maximum atomic E-state index is 14.8. The largest absolute Gasteiger partial charge is 0.337 e.